The number of carbonyl (C=O) groups excluding carboxylic acids is 2. The van der Waals surface area contributed by atoms with Crippen molar-refractivity contribution in [3.05, 3.63) is 54.1 Å². The number of nitrogens with zero attached hydrogens (tertiary/aromatic N) is 1. The normalized spacial score (nSPS) is 16.5. The van der Waals surface area contributed by atoms with Gasteiger partial charge in [-0.25, -0.2) is 0 Å². The van der Waals surface area contributed by atoms with Crippen LogP contribution in [0.4, 0.5) is 11.4 Å². The molecular formula is C18H18N2O3. The standard InChI is InChI=1S/C18H18N2O3/c1-12-6-5-7-13(10-12)19-17(21)11-16-18(22)20(2)14-8-3-4-9-15(14)23-16/h3-10,16H,11H2,1-2H3,(H,19,21). The molecular weight excluding hydrogens is 292 g/mol. The van der Waals surface area contributed by atoms with E-state index in [4.69, 9.17) is 4.74 Å². The zero-order valence-corrected chi connectivity index (χ0v) is 13.1. The summed E-state index contributed by atoms with van der Waals surface area (Å²) in [5.74, 6) is 0.146. The highest BCUT2D eigenvalue weighted by Gasteiger charge is 2.33. The topological polar surface area (TPSA) is 58.6 Å². The first kappa shape index (κ1) is 15.1. The second kappa shape index (κ2) is 6.12. The average Bonchev–Trinajstić information content (AvgIpc) is 2.52. The highest BCUT2D eigenvalue weighted by atomic mass is 16.5. The van der Waals surface area contributed by atoms with Crippen molar-refractivity contribution in [2.45, 2.75) is 19.4 Å². The Kier molecular flexibility index (Phi) is 4.02. The predicted molar refractivity (Wildman–Crippen MR) is 88.7 cm³/mol. The number of fused-ring (bicyclic) bond motifs is 1. The zero-order chi connectivity index (χ0) is 16.4. The van der Waals surface area contributed by atoms with E-state index in [0.29, 0.717) is 17.1 Å². The molecule has 2 aromatic carbocycles. The maximum absolute atomic E-state index is 12.4. The molecule has 2 amide bonds. The van der Waals surface area contributed by atoms with Crippen LogP contribution in [0.5, 0.6) is 5.75 Å². The SMILES string of the molecule is Cc1cccc(NC(=O)CC2Oc3ccccc3N(C)C2=O)c1. The molecule has 1 unspecified atom stereocenters. The summed E-state index contributed by atoms with van der Waals surface area (Å²) in [6, 6.07) is 14.8. The summed E-state index contributed by atoms with van der Waals surface area (Å²) in [5, 5.41) is 2.80. The van der Waals surface area contributed by atoms with E-state index in [1.807, 2.05) is 49.4 Å². The molecule has 1 atom stereocenters. The predicted octanol–water partition coefficient (Wildman–Crippen LogP) is 2.75. The van der Waals surface area contributed by atoms with Crippen LogP contribution in [0.2, 0.25) is 0 Å². The number of carbonyl (C=O) groups is 2. The van der Waals surface area contributed by atoms with Gasteiger partial charge in [0.1, 0.15) is 5.75 Å². The van der Waals surface area contributed by atoms with Crippen molar-refractivity contribution < 1.29 is 14.3 Å². The molecule has 5 nitrogen and oxygen atoms in total. The summed E-state index contributed by atoms with van der Waals surface area (Å²) in [4.78, 5) is 26.1. The van der Waals surface area contributed by atoms with Crippen molar-refractivity contribution in [3.63, 3.8) is 0 Å². The maximum atomic E-state index is 12.4. The number of aryl methyl sites for hydroxylation is 1. The molecule has 0 saturated carbocycles. The molecule has 2 aromatic rings. The molecule has 0 radical (unpaired) electrons. The maximum Gasteiger partial charge on any atom is 0.268 e. The van der Waals surface area contributed by atoms with E-state index < -0.39 is 6.10 Å². The second-order valence-corrected chi connectivity index (χ2v) is 5.59. The first-order valence-electron chi connectivity index (χ1n) is 7.44. The molecule has 0 bridgehead atoms. The Morgan fingerprint density at radius 2 is 2.00 bits per heavy atom. The average molecular weight is 310 g/mol. The lowest BCUT2D eigenvalue weighted by atomic mass is 10.1. The molecule has 118 valence electrons. The van der Waals surface area contributed by atoms with E-state index in [2.05, 4.69) is 5.32 Å². The first-order valence-corrected chi connectivity index (χ1v) is 7.44. The van der Waals surface area contributed by atoms with Gasteiger partial charge in [-0.3, -0.25) is 9.59 Å². The molecule has 0 aromatic heterocycles. The van der Waals surface area contributed by atoms with Crippen LogP contribution in [0, 0.1) is 6.92 Å². The van der Waals surface area contributed by atoms with Crippen molar-refractivity contribution in [1.82, 2.24) is 0 Å². The van der Waals surface area contributed by atoms with Crippen molar-refractivity contribution in [2.24, 2.45) is 0 Å². The van der Waals surface area contributed by atoms with Crippen LogP contribution in [0.15, 0.2) is 48.5 Å². The third-order valence-corrected chi connectivity index (χ3v) is 3.77. The molecule has 0 spiro atoms. The largest absolute Gasteiger partial charge is 0.478 e. The molecule has 0 aliphatic carbocycles. The van der Waals surface area contributed by atoms with Gasteiger partial charge in [0, 0.05) is 12.7 Å². The number of amides is 2. The Bertz CT molecular complexity index is 757. The van der Waals surface area contributed by atoms with Crippen LogP contribution in [-0.4, -0.2) is 25.0 Å². The van der Waals surface area contributed by atoms with Crippen LogP contribution < -0.4 is 15.0 Å². The van der Waals surface area contributed by atoms with E-state index in [1.54, 1.807) is 13.1 Å². The number of likely N-dealkylation sites (N-methyl/N-ethyl adjacent to an activating group) is 1. The minimum Gasteiger partial charge on any atom is -0.478 e. The Morgan fingerprint density at radius 3 is 2.78 bits per heavy atom. The summed E-state index contributed by atoms with van der Waals surface area (Å²) in [7, 11) is 1.69. The van der Waals surface area contributed by atoms with Gasteiger partial charge < -0.3 is 15.0 Å². The summed E-state index contributed by atoms with van der Waals surface area (Å²) >= 11 is 0. The Hall–Kier alpha value is -2.82. The van der Waals surface area contributed by atoms with E-state index in [9.17, 15) is 9.59 Å². The van der Waals surface area contributed by atoms with Crippen LogP contribution >= 0.6 is 0 Å². The third-order valence-electron chi connectivity index (χ3n) is 3.77. The summed E-state index contributed by atoms with van der Waals surface area (Å²) in [5.41, 5.74) is 2.49. The highest BCUT2D eigenvalue weighted by molar-refractivity contribution is 6.03. The minimum absolute atomic E-state index is 0.0224. The van der Waals surface area contributed by atoms with Gasteiger partial charge in [-0.2, -0.15) is 0 Å². The molecule has 1 aliphatic heterocycles. The Labute approximate surface area is 134 Å². The van der Waals surface area contributed by atoms with Gasteiger partial charge in [0.25, 0.3) is 5.91 Å². The number of anilines is 2. The zero-order valence-electron chi connectivity index (χ0n) is 13.1. The molecule has 23 heavy (non-hydrogen) atoms. The molecule has 3 rings (SSSR count). The Morgan fingerprint density at radius 1 is 1.22 bits per heavy atom. The summed E-state index contributed by atoms with van der Waals surface area (Å²) in [6.45, 7) is 1.95. The van der Waals surface area contributed by atoms with Crippen molar-refractivity contribution in [2.75, 3.05) is 17.3 Å². The van der Waals surface area contributed by atoms with E-state index in [-0.39, 0.29) is 18.2 Å². The van der Waals surface area contributed by atoms with Gasteiger partial charge in [-0.05, 0) is 36.8 Å². The fourth-order valence-corrected chi connectivity index (χ4v) is 2.60. The van der Waals surface area contributed by atoms with Gasteiger partial charge in [0.15, 0.2) is 6.10 Å². The van der Waals surface area contributed by atoms with Crippen LogP contribution in [0.25, 0.3) is 0 Å². The number of benzene rings is 2. The molecule has 0 saturated heterocycles. The fourth-order valence-electron chi connectivity index (χ4n) is 2.60. The van der Waals surface area contributed by atoms with Gasteiger partial charge >= 0.3 is 0 Å². The van der Waals surface area contributed by atoms with E-state index in [0.717, 1.165) is 5.56 Å². The fraction of sp³-hybridized carbons (Fsp3) is 0.222. The third kappa shape index (κ3) is 3.18. The lowest BCUT2D eigenvalue weighted by Gasteiger charge is -2.31. The van der Waals surface area contributed by atoms with Crippen LogP contribution in [0.3, 0.4) is 0 Å². The van der Waals surface area contributed by atoms with Gasteiger partial charge in [0.05, 0.1) is 12.1 Å². The van der Waals surface area contributed by atoms with Gasteiger partial charge in [-0.1, -0.05) is 24.3 Å². The molecule has 0 fully saturated rings. The first-order chi connectivity index (χ1) is 11.0. The number of hydrogen-bond donors (Lipinski definition) is 1. The van der Waals surface area contributed by atoms with Gasteiger partial charge in [-0.15, -0.1) is 0 Å². The second-order valence-electron chi connectivity index (χ2n) is 5.59. The Balaban J connectivity index is 1.71. The lowest BCUT2D eigenvalue weighted by Crippen LogP contribution is -2.45. The monoisotopic (exact) mass is 310 g/mol. The summed E-state index contributed by atoms with van der Waals surface area (Å²) < 4.78 is 5.69. The van der Waals surface area contributed by atoms with E-state index >= 15 is 0 Å². The molecule has 1 aliphatic rings. The van der Waals surface area contributed by atoms with Crippen molar-refractivity contribution >= 4 is 23.2 Å². The molecule has 1 heterocycles. The smallest absolute Gasteiger partial charge is 0.268 e. The minimum atomic E-state index is -0.806. The number of nitrogens with one attached hydrogen (secondary N) is 1. The lowest BCUT2D eigenvalue weighted by molar-refractivity contribution is -0.130. The number of ether oxygens (including phenoxy) is 1. The number of hydrogen-bond acceptors (Lipinski definition) is 3. The van der Waals surface area contributed by atoms with Crippen LogP contribution in [-0.2, 0) is 9.59 Å². The van der Waals surface area contributed by atoms with Crippen molar-refractivity contribution in [1.29, 1.82) is 0 Å². The summed E-state index contributed by atoms with van der Waals surface area (Å²) in [6.07, 6.45) is -0.828. The highest BCUT2D eigenvalue weighted by Crippen LogP contribution is 2.33. The van der Waals surface area contributed by atoms with E-state index in [1.165, 1.54) is 4.90 Å². The number of para-hydroxylation sites is 2. The van der Waals surface area contributed by atoms with Crippen LogP contribution in [0.1, 0.15) is 12.0 Å². The van der Waals surface area contributed by atoms with Gasteiger partial charge in [0.2, 0.25) is 5.91 Å². The van der Waals surface area contributed by atoms with Crippen molar-refractivity contribution in [3.8, 4) is 5.75 Å². The quantitative estimate of drug-likeness (QED) is 0.948. The molecule has 1 N–H and O–H groups in total. The molecule has 5 heteroatoms. The number of rotatable bonds is 3.